The molecule has 2 aliphatic rings. The molecule has 0 aliphatic heterocycles. The molecule has 44 heavy (non-hydrogen) atoms. The van der Waals surface area contributed by atoms with Crippen molar-refractivity contribution in [2.75, 3.05) is 26.4 Å². The second-order valence-electron chi connectivity index (χ2n) is 11.7. The van der Waals surface area contributed by atoms with Crippen molar-refractivity contribution < 1.29 is 38.1 Å². The highest BCUT2D eigenvalue weighted by Crippen LogP contribution is 2.62. The van der Waals surface area contributed by atoms with Crippen molar-refractivity contribution in [3.63, 3.8) is 0 Å². The molecule has 2 aliphatic carbocycles. The normalized spacial score (nSPS) is 21.5. The van der Waals surface area contributed by atoms with Crippen molar-refractivity contribution in [1.29, 1.82) is 0 Å². The fourth-order valence-corrected chi connectivity index (χ4v) is 7.99. The van der Waals surface area contributed by atoms with Gasteiger partial charge in [0.15, 0.2) is 10.8 Å². The molecule has 2 aromatic rings. The largest absolute Gasteiger partial charge is 0.465 e. The number of carbonyl (C=O) groups excluding carboxylic acids is 4. The van der Waals surface area contributed by atoms with E-state index in [4.69, 9.17) is 18.9 Å². The summed E-state index contributed by atoms with van der Waals surface area (Å²) in [5.74, 6) is -4.25. The highest BCUT2D eigenvalue weighted by atomic mass is 16.6. The number of hydrogen-bond acceptors (Lipinski definition) is 8. The van der Waals surface area contributed by atoms with Crippen LogP contribution in [0.25, 0.3) is 0 Å². The van der Waals surface area contributed by atoms with E-state index in [1.54, 1.807) is 27.7 Å². The maximum absolute atomic E-state index is 14.0. The maximum Gasteiger partial charge on any atom is 0.323 e. The van der Waals surface area contributed by atoms with Gasteiger partial charge in [0, 0.05) is 0 Å². The van der Waals surface area contributed by atoms with Gasteiger partial charge in [-0.1, -0.05) is 73.5 Å². The van der Waals surface area contributed by atoms with Gasteiger partial charge in [-0.05, 0) is 88.2 Å². The number of carbonyl (C=O) groups is 4. The summed E-state index contributed by atoms with van der Waals surface area (Å²) >= 11 is 0. The van der Waals surface area contributed by atoms with Crippen LogP contribution in [-0.4, -0.2) is 50.3 Å². The van der Waals surface area contributed by atoms with Gasteiger partial charge in [0.05, 0.1) is 26.4 Å². The summed E-state index contributed by atoms with van der Waals surface area (Å²) in [7, 11) is 0. The predicted molar refractivity (Wildman–Crippen MR) is 164 cm³/mol. The lowest BCUT2D eigenvalue weighted by Crippen LogP contribution is -2.51. The third kappa shape index (κ3) is 6.00. The highest BCUT2D eigenvalue weighted by molar-refractivity contribution is 6.02. The van der Waals surface area contributed by atoms with Crippen LogP contribution in [0.5, 0.6) is 0 Å². The van der Waals surface area contributed by atoms with E-state index in [-0.39, 0.29) is 26.4 Å². The van der Waals surface area contributed by atoms with Gasteiger partial charge in [-0.25, -0.2) is 0 Å². The summed E-state index contributed by atoms with van der Waals surface area (Å²) in [6.45, 7) is 7.43. The average molecular weight is 607 g/mol. The monoisotopic (exact) mass is 606 g/mol. The first-order valence-corrected chi connectivity index (χ1v) is 16.1. The van der Waals surface area contributed by atoms with E-state index in [0.29, 0.717) is 38.5 Å². The zero-order valence-electron chi connectivity index (χ0n) is 26.4. The van der Waals surface area contributed by atoms with E-state index in [9.17, 15) is 19.2 Å². The molecule has 4 atom stereocenters. The Balaban J connectivity index is 2.02. The zero-order valence-corrected chi connectivity index (χ0v) is 26.4. The Hall–Kier alpha value is -3.68. The van der Waals surface area contributed by atoms with Crippen LogP contribution in [0.15, 0.2) is 60.7 Å². The third-order valence-corrected chi connectivity index (χ3v) is 9.62. The summed E-state index contributed by atoms with van der Waals surface area (Å²) in [6.07, 6.45) is 2.98. The predicted octanol–water partition coefficient (Wildman–Crippen LogP) is 6.38. The number of hydrogen-bond donors (Lipinski definition) is 0. The van der Waals surface area contributed by atoms with E-state index in [0.717, 1.165) is 11.1 Å². The van der Waals surface area contributed by atoms with Crippen LogP contribution in [0.4, 0.5) is 0 Å². The molecule has 0 heterocycles. The Morgan fingerprint density at radius 3 is 1.14 bits per heavy atom. The van der Waals surface area contributed by atoms with E-state index >= 15 is 0 Å². The Kier molecular flexibility index (Phi) is 11.2. The minimum Gasteiger partial charge on any atom is -0.465 e. The SMILES string of the molecule is CCOC(=O)C1(C(=O)OCC)CCCC1[C@@H](c1ccccc1)[C@H](c1ccccc1)[C@H]1CCCC1(C(=O)OCC)C(=O)OCC. The molecular weight excluding hydrogens is 560 g/mol. The summed E-state index contributed by atoms with van der Waals surface area (Å²) < 4.78 is 22.5. The lowest BCUT2D eigenvalue weighted by atomic mass is 9.57. The van der Waals surface area contributed by atoms with Gasteiger partial charge in [0.1, 0.15) is 0 Å². The highest BCUT2D eigenvalue weighted by Gasteiger charge is 2.65. The van der Waals surface area contributed by atoms with Crippen molar-refractivity contribution in [2.24, 2.45) is 22.7 Å². The Labute approximate surface area is 260 Å². The second kappa shape index (κ2) is 14.9. The smallest absolute Gasteiger partial charge is 0.323 e. The summed E-state index contributed by atoms with van der Waals surface area (Å²) in [6, 6.07) is 19.6. The van der Waals surface area contributed by atoms with Crippen molar-refractivity contribution in [3.8, 4) is 0 Å². The van der Waals surface area contributed by atoms with E-state index in [1.165, 1.54) is 0 Å². The van der Waals surface area contributed by atoms with E-state index in [1.807, 2.05) is 60.7 Å². The Morgan fingerprint density at radius 2 is 0.864 bits per heavy atom. The molecule has 0 amide bonds. The first-order valence-electron chi connectivity index (χ1n) is 16.1. The summed E-state index contributed by atoms with van der Waals surface area (Å²) in [5, 5.41) is 0. The lowest BCUT2D eigenvalue weighted by molar-refractivity contribution is -0.180. The molecule has 2 saturated carbocycles. The molecule has 238 valence electrons. The van der Waals surface area contributed by atoms with Crippen molar-refractivity contribution in [1.82, 2.24) is 0 Å². The van der Waals surface area contributed by atoms with Gasteiger partial charge in [0.2, 0.25) is 0 Å². The van der Waals surface area contributed by atoms with Gasteiger partial charge in [-0.15, -0.1) is 0 Å². The molecule has 8 heteroatoms. The van der Waals surface area contributed by atoms with Gasteiger partial charge < -0.3 is 18.9 Å². The van der Waals surface area contributed by atoms with Crippen LogP contribution < -0.4 is 0 Å². The van der Waals surface area contributed by atoms with Gasteiger partial charge in [-0.3, -0.25) is 19.2 Å². The molecule has 0 spiro atoms. The molecule has 0 saturated heterocycles. The molecule has 0 bridgehead atoms. The molecule has 0 aromatic heterocycles. The average Bonchev–Trinajstić information content (AvgIpc) is 3.68. The van der Waals surface area contributed by atoms with Crippen LogP contribution in [-0.2, 0) is 38.1 Å². The number of rotatable bonds is 13. The zero-order chi connectivity index (χ0) is 31.7. The van der Waals surface area contributed by atoms with E-state index < -0.39 is 58.4 Å². The maximum atomic E-state index is 14.0. The summed E-state index contributed by atoms with van der Waals surface area (Å²) in [4.78, 5) is 55.8. The quantitative estimate of drug-likeness (QED) is 0.147. The van der Waals surface area contributed by atoms with Crippen LogP contribution in [0, 0.1) is 22.7 Å². The van der Waals surface area contributed by atoms with Gasteiger partial charge in [0.25, 0.3) is 0 Å². The topological polar surface area (TPSA) is 105 Å². The van der Waals surface area contributed by atoms with Gasteiger partial charge >= 0.3 is 23.9 Å². The summed E-state index contributed by atoms with van der Waals surface area (Å²) in [5.41, 5.74) is -1.23. The number of benzene rings is 2. The third-order valence-electron chi connectivity index (χ3n) is 9.62. The number of ether oxygens (including phenoxy) is 4. The Morgan fingerprint density at radius 1 is 0.568 bits per heavy atom. The fourth-order valence-electron chi connectivity index (χ4n) is 7.99. The second-order valence-corrected chi connectivity index (χ2v) is 11.7. The Bertz CT molecular complexity index is 1140. The van der Waals surface area contributed by atoms with Crippen molar-refractivity contribution in [2.45, 2.75) is 78.1 Å². The molecule has 0 radical (unpaired) electrons. The van der Waals surface area contributed by atoms with Crippen molar-refractivity contribution >= 4 is 23.9 Å². The van der Waals surface area contributed by atoms with Crippen molar-refractivity contribution in [3.05, 3.63) is 71.8 Å². The standard InChI is InChI=1S/C36H46O8/c1-5-41-31(37)35(32(38)42-6-2)23-15-21-27(35)29(25-17-11-9-12-18-25)30(26-19-13-10-14-20-26)28-22-16-24-36(28,33(39)43-7-3)34(40)44-8-4/h9-14,17-20,27-30H,5-8,15-16,21-24H2,1-4H3/t27-,28?,29-,30-/m1/s1. The van der Waals surface area contributed by atoms with Crippen LogP contribution in [0.1, 0.15) is 89.2 Å². The molecule has 0 N–H and O–H groups in total. The minimum atomic E-state index is -1.53. The molecule has 1 unspecified atom stereocenters. The fraction of sp³-hybridized carbons (Fsp3) is 0.556. The van der Waals surface area contributed by atoms with Crippen LogP contribution in [0.3, 0.4) is 0 Å². The first kappa shape index (κ1) is 33.2. The molecule has 8 nitrogen and oxygen atoms in total. The molecular formula is C36H46O8. The number of esters is 4. The first-order chi connectivity index (χ1) is 21.3. The minimum absolute atomic E-state index is 0.127. The molecule has 4 rings (SSSR count). The molecule has 2 fully saturated rings. The van der Waals surface area contributed by atoms with E-state index in [2.05, 4.69) is 0 Å². The molecule has 2 aromatic carbocycles. The lowest BCUT2D eigenvalue weighted by Gasteiger charge is -2.45. The van der Waals surface area contributed by atoms with Gasteiger partial charge in [-0.2, -0.15) is 0 Å². The van der Waals surface area contributed by atoms with Crippen LogP contribution in [0.2, 0.25) is 0 Å². The van der Waals surface area contributed by atoms with Crippen LogP contribution >= 0.6 is 0 Å².